The molecule has 4 rings (SSSR count). The molecule has 2 amide bonds. The highest BCUT2D eigenvalue weighted by Gasteiger charge is 2.23. The van der Waals surface area contributed by atoms with Gasteiger partial charge in [-0.3, -0.25) is 4.90 Å². The molecular weight excluding hydrogens is 410 g/mol. The van der Waals surface area contributed by atoms with Crippen LogP contribution in [0.5, 0.6) is 11.5 Å². The van der Waals surface area contributed by atoms with Crippen LogP contribution in [0.1, 0.15) is 11.4 Å². The molecule has 1 aliphatic rings. The van der Waals surface area contributed by atoms with Crippen molar-refractivity contribution in [1.29, 1.82) is 0 Å². The van der Waals surface area contributed by atoms with Gasteiger partial charge in [-0.15, -0.1) is 5.10 Å². The number of aromatic nitrogens is 4. The highest BCUT2D eigenvalue weighted by molar-refractivity contribution is 5.90. The van der Waals surface area contributed by atoms with Crippen molar-refractivity contribution in [3.05, 3.63) is 53.9 Å². The van der Waals surface area contributed by atoms with Crippen molar-refractivity contribution in [2.45, 2.75) is 13.5 Å². The Morgan fingerprint density at radius 3 is 2.28 bits per heavy atom. The van der Waals surface area contributed by atoms with E-state index in [0.717, 1.165) is 24.6 Å². The molecule has 3 aromatic rings. The number of carbonyl (C=O) groups is 1. The van der Waals surface area contributed by atoms with Crippen LogP contribution in [0, 0.1) is 6.92 Å². The van der Waals surface area contributed by atoms with Crippen LogP contribution in [0.4, 0.5) is 10.5 Å². The highest BCUT2D eigenvalue weighted by atomic mass is 16.5. The number of nitrogens with one attached hydrogen (secondary N) is 1. The summed E-state index contributed by atoms with van der Waals surface area (Å²) in [7, 11) is 3.16. The number of rotatable bonds is 6. The predicted octanol–water partition coefficient (Wildman–Crippen LogP) is 2.34. The van der Waals surface area contributed by atoms with Crippen LogP contribution in [-0.2, 0) is 6.54 Å². The molecular formula is C22H27N7O3. The first kappa shape index (κ1) is 21.6. The normalized spacial score (nSPS) is 14.3. The van der Waals surface area contributed by atoms with E-state index in [4.69, 9.17) is 9.47 Å². The quantitative estimate of drug-likeness (QED) is 0.632. The molecule has 0 unspecified atom stereocenters. The molecule has 1 aliphatic heterocycles. The molecule has 32 heavy (non-hydrogen) atoms. The first-order valence-electron chi connectivity index (χ1n) is 10.4. The van der Waals surface area contributed by atoms with Gasteiger partial charge in [-0.1, -0.05) is 17.7 Å². The van der Waals surface area contributed by atoms with Gasteiger partial charge in [0.2, 0.25) is 0 Å². The number of anilines is 1. The Hall–Kier alpha value is -3.66. The number of ether oxygens (including phenoxy) is 2. The van der Waals surface area contributed by atoms with Crippen molar-refractivity contribution in [2.75, 3.05) is 45.7 Å². The molecule has 0 bridgehead atoms. The Morgan fingerprint density at radius 2 is 1.66 bits per heavy atom. The SMILES string of the molecule is COc1cc(NC(=O)N2CCN(Cc3nnnn3-c3ccc(C)cc3)CC2)cc(OC)c1. The Labute approximate surface area is 186 Å². The number of tetrazole rings is 1. The topological polar surface area (TPSA) is 97.6 Å². The third-order valence-corrected chi connectivity index (χ3v) is 5.44. The summed E-state index contributed by atoms with van der Waals surface area (Å²) in [4.78, 5) is 16.8. The van der Waals surface area contributed by atoms with Gasteiger partial charge in [-0.2, -0.15) is 4.68 Å². The zero-order valence-electron chi connectivity index (χ0n) is 18.5. The number of aryl methyl sites for hydroxylation is 1. The van der Waals surface area contributed by atoms with Crippen LogP contribution in [0.25, 0.3) is 5.69 Å². The van der Waals surface area contributed by atoms with Crippen molar-refractivity contribution in [2.24, 2.45) is 0 Å². The maximum atomic E-state index is 12.7. The largest absolute Gasteiger partial charge is 0.497 e. The van der Waals surface area contributed by atoms with Gasteiger partial charge >= 0.3 is 6.03 Å². The Balaban J connectivity index is 1.34. The van der Waals surface area contributed by atoms with E-state index in [9.17, 15) is 4.79 Å². The molecule has 1 N–H and O–H groups in total. The van der Waals surface area contributed by atoms with Crippen LogP contribution < -0.4 is 14.8 Å². The standard InChI is InChI=1S/C22H27N7O3/c1-16-4-6-18(7-5-16)29-21(24-25-26-29)15-27-8-10-28(11-9-27)22(30)23-17-12-19(31-2)14-20(13-17)32-3/h4-7,12-14H,8-11,15H2,1-3H3,(H,23,30). The summed E-state index contributed by atoms with van der Waals surface area (Å²) in [5.74, 6) is 2.02. The van der Waals surface area contributed by atoms with Crippen LogP contribution >= 0.6 is 0 Å². The lowest BCUT2D eigenvalue weighted by molar-refractivity contribution is 0.140. The zero-order chi connectivity index (χ0) is 22.5. The molecule has 0 spiro atoms. The van der Waals surface area contributed by atoms with Crippen molar-refractivity contribution >= 4 is 11.7 Å². The Morgan fingerprint density at radius 1 is 1.00 bits per heavy atom. The average molecular weight is 438 g/mol. The van der Waals surface area contributed by atoms with Crippen LogP contribution in [0.3, 0.4) is 0 Å². The van der Waals surface area contributed by atoms with Crippen LogP contribution in [-0.4, -0.2) is 76.4 Å². The minimum Gasteiger partial charge on any atom is -0.497 e. The molecule has 0 aliphatic carbocycles. The van der Waals surface area contributed by atoms with Gasteiger partial charge in [0.15, 0.2) is 5.82 Å². The zero-order valence-corrected chi connectivity index (χ0v) is 18.5. The number of piperazine rings is 1. The summed E-state index contributed by atoms with van der Waals surface area (Å²) in [6, 6.07) is 13.2. The fourth-order valence-electron chi connectivity index (χ4n) is 3.58. The van der Waals surface area contributed by atoms with Crippen molar-refractivity contribution in [1.82, 2.24) is 30.0 Å². The number of carbonyl (C=O) groups excluding carboxylic acids is 1. The highest BCUT2D eigenvalue weighted by Crippen LogP contribution is 2.26. The van der Waals surface area contributed by atoms with Gasteiger partial charge in [0, 0.05) is 50.1 Å². The second-order valence-electron chi connectivity index (χ2n) is 7.64. The Kier molecular flexibility index (Phi) is 6.50. The smallest absolute Gasteiger partial charge is 0.321 e. The van der Waals surface area contributed by atoms with E-state index in [1.807, 2.05) is 31.2 Å². The third kappa shape index (κ3) is 4.97. The predicted molar refractivity (Wildman–Crippen MR) is 119 cm³/mol. The number of hydrogen-bond acceptors (Lipinski definition) is 7. The molecule has 168 valence electrons. The first-order valence-corrected chi connectivity index (χ1v) is 10.4. The molecule has 0 radical (unpaired) electrons. The summed E-state index contributed by atoms with van der Waals surface area (Å²) in [6.45, 7) is 5.34. The molecule has 2 heterocycles. The molecule has 1 fully saturated rings. The molecule has 1 aromatic heterocycles. The van der Waals surface area contributed by atoms with Gasteiger partial charge in [-0.05, 0) is 29.5 Å². The van der Waals surface area contributed by atoms with Crippen molar-refractivity contribution in [3.63, 3.8) is 0 Å². The first-order chi connectivity index (χ1) is 15.6. The molecule has 0 atom stereocenters. The minimum absolute atomic E-state index is 0.149. The fourth-order valence-corrected chi connectivity index (χ4v) is 3.58. The van der Waals surface area contributed by atoms with Gasteiger partial charge in [-0.25, -0.2) is 4.79 Å². The van der Waals surface area contributed by atoms with E-state index in [0.29, 0.717) is 36.8 Å². The summed E-state index contributed by atoms with van der Waals surface area (Å²) in [5.41, 5.74) is 2.75. The van der Waals surface area contributed by atoms with Gasteiger partial charge in [0.25, 0.3) is 0 Å². The van der Waals surface area contributed by atoms with Crippen molar-refractivity contribution in [3.8, 4) is 17.2 Å². The lowest BCUT2D eigenvalue weighted by Gasteiger charge is -2.34. The average Bonchev–Trinajstić information content (AvgIpc) is 3.27. The van der Waals surface area contributed by atoms with Gasteiger partial charge in [0.05, 0.1) is 26.5 Å². The number of methoxy groups -OCH3 is 2. The van der Waals surface area contributed by atoms with E-state index in [2.05, 4.69) is 25.7 Å². The Bertz CT molecular complexity index is 1040. The van der Waals surface area contributed by atoms with Crippen molar-refractivity contribution < 1.29 is 14.3 Å². The van der Waals surface area contributed by atoms with E-state index in [-0.39, 0.29) is 6.03 Å². The number of hydrogen-bond donors (Lipinski definition) is 1. The lowest BCUT2D eigenvalue weighted by Crippen LogP contribution is -2.49. The molecule has 1 saturated heterocycles. The number of amides is 2. The third-order valence-electron chi connectivity index (χ3n) is 5.44. The molecule has 10 nitrogen and oxygen atoms in total. The number of nitrogens with zero attached hydrogens (tertiary/aromatic N) is 6. The van der Waals surface area contributed by atoms with E-state index in [1.54, 1.807) is 42.0 Å². The van der Waals surface area contributed by atoms with E-state index in [1.165, 1.54) is 5.56 Å². The summed E-state index contributed by atoms with van der Waals surface area (Å²) >= 11 is 0. The van der Waals surface area contributed by atoms with Crippen LogP contribution in [0.15, 0.2) is 42.5 Å². The van der Waals surface area contributed by atoms with E-state index < -0.39 is 0 Å². The maximum absolute atomic E-state index is 12.7. The number of urea groups is 1. The molecule has 2 aromatic carbocycles. The van der Waals surface area contributed by atoms with Crippen LogP contribution in [0.2, 0.25) is 0 Å². The van der Waals surface area contributed by atoms with Gasteiger partial charge < -0.3 is 19.7 Å². The second-order valence-corrected chi connectivity index (χ2v) is 7.64. The summed E-state index contributed by atoms with van der Waals surface area (Å²) in [5, 5.41) is 15.1. The van der Waals surface area contributed by atoms with E-state index >= 15 is 0 Å². The second kappa shape index (κ2) is 9.65. The van der Waals surface area contributed by atoms with Gasteiger partial charge in [0.1, 0.15) is 11.5 Å². The minimum atomic E-state index is -0.149. The molecule has 10 heteroatoms. The lowest BCUT2D eigenvalue weighted by atomic mass is 10.2. The molecule has 0 saturated carbocycles. The number of benzene rings is 2. The fraction of sp³-hybridized carbons (Fsp3) is 0.364. The summed E-state index contributed by atoms with van der Waals surface area (Å²) in [6.07, 6.45) is 0. The maximum Gasteiger partial charge on any atom is 0.321 e. The summed E-state index contributed by atoms with van der Waals surface area (Å²) < 4.78 is 12.3. The monoisotopic (exact) mass is 437 g/mol.